The molecule has 4 N–H and O–H groups in total. The third-order valence-electron chi connectivity index (χ3n) is 2.99. The molecule has 0 aliphatic carbocycles. The van der Waals surface area contributed by atoms with Gasteiger partial charge in [0, 0.05) is 6.42 Å². The van der Waals surface area contributed by atoms with E-state index >= 15 is 0 Å². The number of nitrogens with one attached hydrogen (secondary N) is 2. The van der Waals surface area contributed by atoms with Gasteiger partial charge in [0.25, 0.3) is 0 Å². The highest BCUT2D eigenvalue weighted by atomic mass is 16.4. The van der Waals surface area contributed by atoms with Crippen molar-refractivity contribution in [1.29, 1.82) is 0 Å². The molecular formula is C11H20N2O4. The van der Waals surface area contributed by atoms with Crippen molar-refractivity contribution in [1.82, 2.24) is 10.6 Å². The van der Waals surface area contributed by atoms with Crippen LogP contribution in [0.1, 0.15) is 25.7 Å². The van der Waals surface area contributed by atoms with Gasteiger partial charge in [-0.3, -0.25) is 4.79 Å². The number of carboxylic acids is 1. The second-order valence-electron chi connectivity index (χ2n) is 4.39. The summed E-state index contributed by atoms with van der Waals surface area (Å²) in [5.41, 5.74) is 0. The van der Waals surface area contributed by atoms with Crippen molar-refractivity contribution < 1.29 is 19.8 Å². The zero-order valence-corrected chi connectivity index (χ0v) is 9.82. The number of hydrogen-bond donors (Lipinski definition) is 4. The molecule has 0 aromatic rings. The average Bonchev–Trinajstić information content (AvgIpc) is 2.34. The standard InChI is InChI=1S/C11H20N2O4/c14-7-9(11(16)17)13-10(15)4-3-8-2-1-5-12-6-8/h8-9,12,14H,1-7H2,(H,13,15)(H,16,17)/t8?,9-/m1/s1. The lowest BCUT2D eigenvalue weighted by Gasteiger charge is -2.22. The van der Waals surface area contributed by atoms with Gasteiger partial charge in [0.05, 0.1) is 6.61 Å². The van der Waals surface area contributed by atoms with Gasteiger partial charge in [0.1, 0.15) is 6.04 Å². The fourth-order valence-corrected chi connectivity index (χ4v) is 1.96. The molecule has 1 saturated heterocycles. The fraction of sp³-hybridized carbons (Fsp3) is 0.818. The van der Waals surface area contributed by atoms with Crippen LogP contribution >= 0.6 is 0 Å². The summed E-state index contributed by atoms with van der Waals surface area (Å²) in [6.45, 7) is 1.38. The number of hydrogen-bond acceptors (Lipinski definition) is 4. The SMILES string of the molecule is O=C(CCC1CCCNC1)N[C@H](CO)C(=O)O. The number of aliphatic hydroxyl groups excluding tert-OH is 1. The van der Waals surface area contributed by atoms with Crippen molar-refractivity contribution in [3.63, 3.8) is 0 Å². The van der Waals surface area contributed by atoms with E-state index in [0.717, 1.165) is 32.4 Å². The topological polar surface area (TPSA) is 98.7 Å². The monoisotopic (exact) mass is 244 g/mol. The fourth-order valence-electron chi connectivity index (χ4n) is 1.96. The maximum absolute atomic E-state index is 11.5. The van der Waals surface area contributed by atoms with Crippen molar-refractivity contribution in [2.24, 2.45) is 5.92 Å². The highest BCUT2D eigenvalue weighted by molar-refractivity contribution is 5.83. The predicted molar refractivity (Wildman–Crippen MR) is 61.5 cm³/mol. The van der Waals surface area contributed by atoms with E-state index in [4.69, 9.17) is 10.2 Å². The van der Waals surface area contributed by atoms with Gasteiger partial charge in [-0.1, -0.05) is 0 Å². The van der Waals surface area contributed by atoms with E-state index in [-0.39, 0.29) is 5.91 Å². The quantitative estimate of drug-likeness (QED) is 0.496. The summed E-state index contributed by atoms with van der Waals surface area (Å²) in [5, 5.41) is 23.0. The molecule has 0 radical (unpaired) electrons. The number of aliphatic hydroxyl groups is 1. The second kappa shape index (κ2) is 7.24. The zero-order valence-electron chi connectivity index (χ0n) is 9.82. The van der Waals surface area contributed by atoms with Gasteiger partial charge in [0.2, 0.25) is 5.91 Å². The Morgan fingerprint density at radius 1 is 1.47 bits per heavy atom. The van der Waals surface area contributed by atoms with Crippen molar-refractivity contribution in [2.45, 2.75) is 31.7 Å². The van der Waals surface area contributed by atoms with E-state index in [2.05, 4.69) is 10.6 Å². The van der Waals surface area contributed by atoms with Gasteiger partial charge >= 0.3 is 5.97 Å². The molecule has 0 spiro atoms. The minimum absolute atomic E-state index is 0.308. The van der Waals surface area contributed by atoms with Crippen LogP contribution in [-0.4, -0.2) is 47.8 Å². The minimum atomic E-state index is -1.21. The van der Waals surface area contributed by atoms with Gasteiger partial charge in [-0.15, -0.1) is 0 Å². The molecule has 1 unspecified atom stereocenters. The van der Waals surface area contributed by atoms with Crippen LogP contribution in [0.25, 0.3) is 0 Å². The molecule has 1 heterocycles. The molecular weight excluding hydrogens is 224 g/mol. The third kappa shape index (κ3) is 5.14. The van der Waals surface area contributed by atoms with E-state index in [9.17, 15) is 9.59 Å². The van der Waals surface area contributed by atoms with E-state index in [1.165, 1.54) is 0 Å². The number of piperidine rings is 1. The lowest BCUT2D eigenvalue weighted by molar-refractivity contribution is -0.143. The Labute approximate surface area is 100 Å². The first-order chi connectivity index (χ1) is 8.13. The molecule has 1 aliphatic heterocycles. The molecule has 0 aromatic heterocycles. The highest BCUT2D eigenvalue weighted by Crippen LogP contribution is 2.15. The highest BCUT2D eigenvalue weighted by Gasteiger charge is 2.20. The van der Waals surface area contributed by atoms with Crippen molar-refractivity contribution in [3.05, 3.63) is 0 Å². The van der Waals surface area contributed by atoms with Crippen LogP contribution in [0.2, 0.25) is 0 Å². The number of carboxylic acid groups (broad SMARTS) is 1. The summed E-state index contributed by atoms with van der Waals surface area (Å²) in [5.74, 6) is -1.02. The maximum Gasteiger partial charge on any atom is 0.328 e. The van der Waals surface area contributed by atoms with Crippen LogP contribution in [-0.2, 0) is 9.59 Å². The molecule has 6 nitrogen and oxygen atoms in total. The van der Waals surface area contributed by atoms with Gasteiger partial charge in [-0.25, -0.2) is 4.79 Å². The molecule has 1 rings (SSSR count). The summed E-state index contributed by atoms with van der Waals surface area (Å²) in [6.07, 6.45) is 3.32. The average molecular weight is 244 g/mol. The Balaban J connectivity index is 2.21. The van der Waals surface area contributed by atoms with Crippen LogP contribution < -0.4 is 10.6 Å². The minimum Gasteiger partial charge on any atom is -0.480 e. The van der Waals surface area contributed by atoms with E-state index in [1.807, 2.05) is 0 Å². The van der Waals surface area contributed by atoms with E-state index < -0.39 is 18.6 Å². The molecule has 2 atom stereocenters. The van der Waals surface area contributed by atoms with Crippen LogP contribution in [0.4, 0.5) is 0 Å². The number of aliphatic carboxylic acids is 1. The number of carbonyl (C=O) groups is 2. The van der Waals surface area contributed by atoms with E-state index in [0.29, 0.717) is 12.3 Å². The maximum atomic E-state index is 11.5. The molecule has 98 valence electrons. The van der Waals surface area contributed by atoms with Crippen LogP contribution in [0.5, 0.6) is 0 Å². The van der Waals surface area contributed by atoms with Crippen molar-refractivity contribution in [2.75, 3.05) is 19.7 Å². The molecule has 0 aromatic carbocycles. The smallest absolute Gasteiger partial charge is 0.328 e. The van der Waals surface area contributed by atoms with Crippen LogP contribution in [0, 0.1) is 5.92 Å². The first-order valence-corrected chi connectivity index (χ1v) is 5.97. The Kier molecular flexibility index (Phi) is 5.93. The molecule has 1 fully saturated rings. The van der Waals surface area contributed by atoms with E-state index in [1.54, 1.807) is 0 Å². The lowest BCUT2D eigenvalue weighted by atomic mass is 9.94. The Morgan fingerprint density at radius 2 is 2.24 bits per heavy atom. The lowest BCUT2D eigenvalue weighted by Crippen LogP contribution is -2.43. The molecule has 1 amide bonds. The Morgan fingerprint density at radius 3 is 2.76 bits per heavy atom. The van der Waals surface area contributed by atoms with Crippen LogP contribution in [0.15, 0.2) is 0 Å². The first-order valence-electron chi connectivity index (χ1n) is 5.97. The zero-order chi connectivity index (χ0) is 12.7. The summed E-state index contributed by atoms with van der Waals surface area (Å²) < 4.78 is 0. The number of rotatable bonds is 6. The van der Waals surface area contributed by atoms with Gasteiger partial charge in [-0.05, 0) is 38.3 Å². The Bertz CT molecular complexity index is 264. The normalized spacial score (nSPS) is 21.8. The summed E-state index contributed by atoms with van der Waals surface area (Å²) >= 11 is 0. The summed E-state index contributed by atoms with van der Waals surface area (Å²) in [7, 11) is 0. The predicted octanol–water partition coefficient (Wildman–Crippen LogP) is -0.672. The first kappa shape index (κ1) is 13.9. The second-order valence-corrected chi connectivity index (χ2v) is 4.39. The summed E-state index contributed by atoms with van der Waals surface area (Å²) in [6, 6.07) is -1.19. The van der Waals surface area contributed by atoms with Crippen LogP contribution in [0.3, 0.4) is 0 Å². The molecule has 1 aliphatic rings. The third-order valence-corrected chi connectivity index (χ3v) is 2.99. The number of amides is 1. The largest absolute Gasteiger partial charge is 0.480 e. The molecule has 0 saturated carbocycles. The number of carbonyl (C=O) groups excluding carboxylic acids is 1. The van der Waals surface area contributed by atoms with Crippen molar-refractivity contribution in [3.8, 4) is 0 Å². The molecule has 6 heteroatoms. The Hall–Kier alpha value is -1.14. The summed E-state index contributed by atoms with van der Waals surface area (Å²) in [4.78, 5) is 22.0. The van der Waals surface area contributed by atoms with Crippen molar-refractivity contribution >= 4 is 11.9 Å². The molecule has 17 heavy (non-hydrogen) atoms. The molecule has 0 bridgehead atoms. The van der Waals surface area contributed by atoms with Gasteiger partial charge in [0.15, 0.2) is 0 Å². The van der Waals surface area contributed by atoms with Gasteiger partial charge < -0.3 is 20.8 Å². The van der Waals surface area contributed by atoms with Gasteiger partial charge in [-0.2, -0.15) is 0 Å².